The molecule has 1 aromatic heterocycles. The fourth-order valence-corrected chi connectivity index (χ4v) is 4.18. The molecule has 2 atom stereocenters. The van der Waals surface area contributed by atoms with E-state index >= 15 is 0 Å². The van der Waals surface area contributed by atoms with Crippen LogP contribution in [-0.2, 0) is 5.41 Å². The molecule has 3 nitrogen and oxygen atoms in total. The predicted octanol–water partition coefficient (Wildman–Crippen LogP) is 3.17. The minimum absolute atomic E-state index is 0.0521. The van der Waals surface area contributed by atoms with Gasteiger partial charge in [0.25, 0.3) is 0 Å². The molecule has 17 heavy (non-hydrogen) atoms. The van der Waals surface area contributed by atoms with Crippen molar-refractivity contribution in [2.24, 2.45) is 0 Å². The van der Waals surface area contributed by atoms with Gasteiger partial charge in [-0.2, -0.15) is 16.1 Å². The van der Waals surface area contributed by atoms with Crippen molar-refractivity contribution in [3.05, 3.63) is 5.82 Å². The number of aromatic nitrogens is 2. The van der Waals surface area contributed by atoms with Crippen molar-refractivity contribution in [1.82, 2.24) is 9.36 Å². The Bertz CT molecular complexity index is 373. The molecular weight excluding hydrogens is 250 g/mol. The summed E-state index contributed by atoms with van der Waals surface area (Å²) in [5.41, 5.74) is 0.0521. The zero-order valence-electron chi connectivity index (χ0n) is 11.2. The second kappa shape index (κ2) is 4.76. The van der Waals surface area contributed by atoms with Crippen LogP contribution in [0.3, 0.4) is 0 Å². The first-order chi connectivity index (χ1) is 7.86. The second-order valence-electron chi connectivity index (χ2n) is 5.81. The number of rotatable bonds is 1. The van der Waals surface area contributed by atoms with Crippen molar-refractivity contribution in [3.63, 3.8) is 0 Å². The first-order valence-corrected chi connectivity index (χ1v) is 7.82. The molecule has 96 valence electrons. The van der Waals surface area contributed by atoms with Gasteiger partial charge in [-0.15, -0.1) is 0 Å². The molecule has 5 heteroatoms. The fourth-order valence-electron chi connectivity index (χ4n) is 1.98. The summed E-state index contributed by atoms with van der Waals surface area (Å²) < 4.78 is 4.49. The van der Waals surface area contributed by atoms with Gasteiger partial charge in [-0.05, 0) is 0 Å². The average Bonchev–Trinajstić information content (AvgIpc) is 2.63. The van der Waals surface area contributed by atoms with Crippen molar-refractivity contribution < 1.29 is 0 Å². The van der Waals surface area contributed by atoms with E-state index in [0.29, 0.717) is 10.5 Å². The normalized spacial score (nSPS) is 26.3. The van der Waals surface area contributed by atoms with Gasteiger partial charge >= 0.3 is 0 Å². The Morgan fingerprint density at radius 3 is 2.24 bits per heavy atom. The van der Waals surface area contributed by atoms with Crippen LogP contribution in [0.4, 0.5) is 5.13 Å². The number of anilines is 1. The quantitative estimate of drug-likeness (QED) is 0.784. The second-order valence-corrected chi connectivity index (χ2v) is 8.42. The molecule has 1 aliphatic rings. The molecule has 2 rings (SSSR count). The van der Waals surface area contributed by atoms with E-state index in [1.807, 2.05) is 0 Å². The maximum Gasteiger partial charge on any atom is 0.205 e. The molecule has 0 spiro atoms. The lowest BCUT2D eigenvalue weighted by atomic mass is 9.96. The van der Waals surface area contributed by atoms with Crippen LogP contribution in [0.5, 0.6) is 0 Å². The van der Waals surface area contributed by atoms with E-state index in [0.717, 1.165) is 24.0 Å². The lowest BCUT2D eigenvalue weighted by Gasteiger charge is -2.34. The first-order valence-electron chi connectivity index (χ1n) is 6.11. The van der Waals surface area contributed by atoms with Crippen LogP contribution in [-0.4, -0.2) is 32.9 Å². The molecule has 0 saturated carbocycles. The van der Waals surface area contributed by atoms with Gasteiger partial charge in [-0.25, -0.2) is 4.98 Å². The number of hydrogen-bond acceptors (Lipinski definition) is 5. The summed E-state index contributed by atoms with van der Waals surface area (Å²) in [5.74, 6) is 0.969. The number of hydrogen-bond donors (Lipinski definition) is 0. The van der Waals surface area contributed by atoms with Gasteiger partial charge in [0, 0.05) is 40.5 Å². The summed E-state index contributed by atoms with van der Waals surface area (Å²) in [6, 6.07) is 0. The summed E-state index contributed by atoms with van der Waals surface area (Å²) in [4.78, 5) is 7.09. The van der Waals surface area contributed by atoms with Gasteiger partial charge in [0.15, 0.2) is 0 Å². The largest absolute Gasteiger partial charge is 0.345 e. The van der Waals surface area contributed by atoms with Gasteiger partial charge in [-0.3, -0.25) is 0 Å². The minimum atomic E-state index is 0.0521. The van der Waals surface area contributed by atoms with Gasteiger partial charge in [-0.1, -0.05) is 34.6 Å². The Morgan fingerprint density at radius 1 is 1.18 bits per heavy atom. The Labute approximate surface area is 112 Å². The van der Waals surface area contributed by atoms with Crippen molar-refractivity contribution in [2.45, 2.75) is 50.5 Å². The number of nitrogens with zero attached hydrogens (tertiary/aromatic N) is 3. The minimum Gasteiger partial charge on any atom is -0.345 e. The van der Waals surface area contributed by atoms with Crippen LogP contribution in [0.25, 0.3) is 0 Å². The van der Waals surface area contributed by atoms with Crippen molar-refractivity contribution in [3.8, 4) is 0 Å². The molecule has 1 aromatic rings. The van der Waals surface area contributed by atoms with E-state index in [-0.39, 0.29) is 5.41 Å². The molecule has 1 aliphatic heterocycles. The summed E-state index contributed by atoms with van der Waals surface area (Å²) in [7, 11) is 0. The van der Waals surface area contributed by atoms with E-state index in [1.165, 1.54) is 0 Å². The van der Waals surface area contributed by atoms with Crippen LogP contribution in [0.1, 0.15) is 40.4 Å². The Kier molecular flexibility index (Phi) is 3.69. The highest BCUT2D eigenvalue weighted by Crippen LogP contribution is 2.31. The van der Waals surface area contributed by atoms with E-state index in [1.54, 1.807) is 11.5 Å². The van der Waals surface area contributed by atoms with Crippen LogP contribution in [0.15, 0.2) is 0 Å². The summed E-state index contributed by atoms with van der Waals surface area (Å²) in [6.45, 7) is 13.3. The highest BCUT2D eigenvalue weighted by atomic mass is 32.2. The van der Waals surface area contributed by atoms with Gasteiger partial charge in [0.05, 0.1) is 0 Å². The molecule has 0 bridgehead atoms. The van der Waals surface area contributed by atoms with Crippen molar-refractivity contribution >= 4 is 28.4 Å². The molecule has 1 fully saturated rings. The predicted molar refractivity (Wildman–Crippen MR) is 77.3 cm³/mol. The van der Waals surface area contributed by atoms with Crippen LogP contribution in [0.2, 0.25) is 0 Å². The van der Waals surface area contributed by atoms with E-state index < -0.39 is 0 Å². The molecule has 2 heterocycles. The molecule has 1 saturated heterocycles. The Balaban J connectivity index is 2.14. The SMILES string of the molecule is CC1CN(c2nc(C(C)(C)C)ns2)CC(C)S1. The Hall–Kier alpha value is -0.290. The summed E-state index contributed by atoms with van der Waals surface area (Å²) in [6.07, 6.45) is 0. The topological polar surface area (TPSA) is 29.0 Å². The monoisotopic (exact) mass is 271 g/mol. The van der Waals surface area contributed by atoms with Gasteiger partial charge < -0.3 is 4.90 Å². The summed E-state index contributed by atoms with van der Waals surface area (Å²) >= 11 is 3.61. The molecular formula is C12H21N3S2. The number of thioether (sulfide) groups is 1. The third-order valence-corrected chi connectivity index (χ3v) is 4.78. The van der Waals surface area contributed by atoms with Crippen molar-refractivity contribution in [1.29, 1.82) is 0 Å². The molecule has 0 aliphatic carbocycles. The summed E-state index contributed by atoms with van der Waals surface area (Å²) in [5, 5.41) is 2.45. The van der Waals surface area contributed by atoms with Crippen LogP contribution >= 0.6 is 23.3 Å². The smallest absolute Gasteiger partial charge is 0.205 e. The average molecular weight is 271 g/mol. The van der Waals surface area contributed by atoms with Crippen LogP contribution < -0.4 is 4.90 Å². The first kappa shape index (κ1) is 13.1. The zero-order valence-corrected chi connectivity index (χ0v) is 12.9. The Morgan fingerprint density at radius 2 is 1.76 bits per heavy atom. The molecule has 0 N–H and O–H groups in total. The maximum atomic E-state index is 4.70. The maximum absolute atomic E-state index is 4.70. The van der Waals surface area contributed by atoms with E-state index in [2.05, 4.69) is 55.7 Å². The van der Waals surface area contributed by atoms with E-state index in [4.69, 9.17) is 4.98 Å². The van der Waals surface area contributed by atoms with Gasteiger partial charge in [0.1, 0.15) is 5.82 Å². The molecule has 2 unspecified atom stereocenters. The van der Waals surface area contributed by atoms with E-state index in [9.17, 15) is 0 Å². The zero-order chi connectivity index (χ0) is 12.6. The lowest BCUT2D eigenvalue weighted by molar-refractivity contribution is 0.553. The van der Waals surface area contributed by atoms with Crippen LogP contribution in [0, 0.1) is 0 Å². The lowest BCUT2D eigenvalue weighted by Crippen LogP contribution is -2.40. The van der Waals surface area contributed by atoms with Gasteiger partial charge in [0.2, 0.25) is 5.13 Å². The third-order valence-electron chi connectivity index (χ3n) is 2.78. The highest BCUT2D eigenvalue weighted by Gasteiger charge is 2.26. The standard InChI is InChI=1S/C12H21N3S2/c1-8-6-15(7-9(2)16-8)11-13-10(14-17-11)12(3,4)5/h8-9H,6-7H2,1-5H3. The fraction of sp³-hybridized carbons (Fsp3) is 0.833. The molecule has 0 amide bonds. The molecule has 0 radical (unpaired) electrons. The highest BCUT2D eigenvalue weighted by molar-refractivity contribution is 8.00. The third kappa shape index (κ3) is 3.13. The van der Waals surface area contributed by atoms with Crippen molar-refractivity contribution in [2.75, 3.05) is 18.0 Å². The molecule has 0 aromatic carbocycles.